The fourth-order valence-electron chi connectivity index (χ4n) is 2.83. The number of hydrogen-bond donors (Lipinski definition) is 4. The zero-order valence-corrected chi connectivity index (χ0v) is 17.1. The van der Waals surface area contributed by atoms with Crippen molar-refractivity contribution in [2.75, 3.05) is 17.7 Å². The van der Waals surface area contributed by atoms with Crippen LogP contribution in [0.15, 0.2) is 66.7 Å². The summed E-state index contributed by atoms with van der Waals surface area (Å²) in [5.74, 6) is 1.15. The molecule has 0 aromatic heterocycles. The van der Waals surface area contributed by atoms with Crippen molar-refractivity contribution in [1.29, 1.82) is 0 Å². The summed E-state index contributed by atoms with van der Waals surface area (Å²) in [6.07, 6.45) is 0. The molecule has 0 atom stereocenters. The van der Waals surface area contributed by atoms with Gasteiger partial charge in [-0.1, -0.05) is 18.2 Å². The number of nitrogens with two attached hydrogens (primary N) is 2. The highest BCUT2D eigenvalue weighted by Gasteiger charge is 2.11. The molecule has 8 heteroatoms. The van der Waals surface area contributed by atoms with Gasteiger partial charge in [-0.2, -0.15) is 0 Å². The van der Waals surface area contributed by atoms with E-state index in [0.717, 1.165) is 5.56 Å². The van der Waals surface area contributed by atoms with E-state index in [1.807, 2.05) is 25.1 Å². The quantitative estimate of drug-likeness (QED) is 0.411. The molecule has 3 rings (SSSR count). The van der Waals surface area contributed by atoms with Gasteiger partial charge in [0.25, 0.3) is 0 Å². The Morgan fingerprint density at radius 3 is 2.42 bits per heavy atom. The maximum absolute atomic E-state index is 12.4. The molecule has 0 heterocycles. The van der Waals surface area contributed by atoms with Crippen molar-refractivity contribution in [1.82, 2.24) is 5.32 Å². The van der Waals surface area contributed by atoms with Gasteiger partial charge in [-0.05, 0) is 55.5 Å². The number of carbonyl (C=O) groups is 2. The summed E-state index contributed by atoms with van der Waals surface area (Å²) < 4.78 is 11.4. The van der Waals surface area contributed by atoms with Gasteiger partial charge in [-0.3, -0.25) is 4.79 Å². The molecule has 0 aliphatic heterocycles. The minimum Gasteiger partial charge on any atom is -0.492 e. The number of nitrogen functional groups attached to an aromatic ring is 1. The second-order valence-electron chi connectivity index (χ2n) is 6.59. The summed E-state index contributed by atoms with van der Waals surface area (Å²) >= 11 is 0. The number of primary amides is 1. The molecular weight excluding hydrogens is 396 g/mol. The molecule has 0 saturated carbocycles. The van der Waals surface area contributed by atoms with E-state index in [-0.39, 0.29) is 6.54 Å². The Balaban J connectivity index is 1.65. The van der Waals surface area contributed by atoms with Crippen LogP contribution < -0.4 is 31.6 Å². The monoisotopic (exact) mass is 420 g/mol. The second-order valence-corrected chi connectivity index (χ2v) is 6.59. The zero-order chi connectivity index (χ0) is 22.2. The lowest BCUT2D eigenvalue weighted by Crippen LogP contribution is -2.28. The number of hydrogen-bond acceptors (Lipinski definition) is 5. The Morgan fingerprint density at radius 1 is 0.968 bits per heavy atom. The molecule has 0 radical (unpaired) electrons. The van der Waals surface area contributed by atoms with E-state index >= 15 is 0 Å². The third-order valence-corrected chi connectivity index (χ3v) is 4.33. The third kappa shape index (κ3) is 5.89. The van der Waals surface area contributed by atoms with E-state index in [1.165, 1.54) is 0 Å². The van der Waals surface area contributed by atoms with Gasteiger partial charge in [0.15, 0.2) is 0 Å². The topological polar surface area (TPSA) is 129 Å². The van der Waals surface area contributed by atoms with Crippen LogP contribution in [0.3, 0.4) is 0 Å². The SMILES string of the molecule is CCOc1ccc(N)cc1NC(=O)NCc1ccccc1Oc1ccc(C(N)=O)cc1. The van der Waals surface area contributed by atoms with Crippen molar-refractivity contribution in [2.24, 2.45) is 5.73 Å². The van der Waals surface area contributed by atoms with Crippen molar-refractivity contribution < 1.29 is 19.1 Å². The van der Waals surface area contributed by atoms with Crippen molar-refractivity contribution in [3.05, 3.63) is 77.9 Å². The average Bonchev–Trinajstić information content (AvgIpc) is 2.75. The van der Waals surface area contributed by atoms with Crippen LogP contribution in [0.4, 0.5) is 16.2 Å². The van der Waals surface area contributed by atoms with Crippen LogP contribution in [0.1, 0.15) is 22.8 Å². The molecule has 6 N–H and O–H groups in total. The van der Waals surface area contributed by atoms with Gasteiger partial charge in [-0.15, -0.1) is 0 Å². The minimum absolute atomic E-state index is 0.230. The Labute approximate surface area is 180 Å². The molecule has 3 aromatic rings. The van der Waals surface area contributed by atoms with Crippen LogP contribution in [0, 0.1) is 0 Å². The molecule has 0 fully saturated rings. The molecule has 8 nitrogen and oxygen atoms in total. The largest absolute Gasteiger partial charge is 0.492 e. The predicted octanol–water partition coefficient (Wildman–Crippen LogP) is 3.88. The standard InChI is InChI=1S/C23H24N4O4/c1-2-30-21-12-9-17(24)13-19(21)27-23(29)26-14-16-5-3-4-6-20(16)31-18-10-7-15(8-11-18)22(25)28/h3-13H,2,14,24H2,1H3,(H2,25,28)(H2,26,27,29). The van der Waals surface area contributed by atoms with Crippen LogP contribution in [0.2, 0.25) is 0 Å². The smallest absolute Gasteiger partial charge is 0.319 e. The van der Waals surface area contributed by atoms with E-state index in [2.05, 4.69) is 10.6 Å². The highest BCUT2D eigenvalue weighted by Crippen LogP contribution is 2.28. The summed E-state index contributed by atoms with van der Waals surface area (Å²) in [6.45, 7) is 2.55. The minimum atomic E-state index is -0.505. The van der Waals surface area contributed by atoms with Gasteiger partial charge in [-0.25, -0.2) is 4.79 Å². The van der Waals surface area contributed by atoms with Gasteiger partial charge < -0.3 is 31.6 Å². The zero-order valence-electron chi connectivity index (χ0n) is 17.1. The summed E-state index contributed by atoms with van der Waals surface area (Å²) in [7, 11) is 0. The first-order valence-corrected chi connectivity index (χ1v) is 9.69. The van der Waals surface area contributed by atoms with Crippen LogP contribution in [-0.2, 0) is 6.54 Å². The third-order valence-electron chi connectivity index (χ3n) is 4.33. The predicted molar refractivity (Wildman–Crippen MR) is 119 cm³/mol. The number of carbonyl (C=O) groups excluding carboxylic acids is 2. The molecule has 0 aliphatic rings. The number of para-hydroxylation sites is 1. The van der Waals surface area contributed by atoms with Gasteiger partial charge in [0, 0.05) is 23.4 Å². The maximum Gasteiger partial charge on any atom is 0.319 e. The second kappa shape index (κ2) is 10.0. The van der Waals surface area contributed by atoms with Gasteiger partial charge in [0.05, 0.1) is 12.3 Å². The Kier molecular flexibility index (Phi) is 6.95. The Morgan fingerprint density at radius 2 is 1.71 bits per heavy atom. The summed E-state index contributed by atoms with van der Waals surface area (Å²) in [5.41, 5.74) is 13.2. The molecule has 0 saturated heterocycles. The van der Waals surface area contributed by atoms with Gasteiger partial charge >= 0.3 is 6.03 Å². The number of nitrogens with one attached hydrogen (secondary N) is 2. The maximum atomic E-state index is 12.4. The van der Waals surface area contributed by atoms with E-state index in [4.69, 9.17) is 20.9 Å². The fourth-order valence-corrected chi connectivity index (χ4v) is 2.83. The average molecular weight is 420 g/mol. The molecular formula is C23H24N4O4. The lowest BCUT2D eigenvalue weighted by Gasteiger charge is -2.14. The fraction of sp³-hybridized carbons (Fsp3) is 0.130. The van der Waals surface area contributed by atoms with Crippen molar-refractivity contribution in [3.8, 4) is 17.2 Å². The lowest BCUT2D eigenvalue weighted by atomic mass is 10.2. The number of ether oxygens (including phenoxy) is 2. The lowest BCUT2D eigenvalue weighted by molar-refractivity contribution is 0.1000. The normalized spacial score (nSPS) is 10.2. The molecule has 3 amide bonds. The summed E-state index contributed by atoms with van der Waals surface area (Å²) in [5, 5.41) is 5.55. The first kappa shape index (κ1) is 21.5. The summed E-state index contributed by atoms with van der Waals surface area (Å²) in [4.78, 5) is 23.6. The van der Waals surface area contributed by atoms with E-state index in [0.29, 0.717) is 40.8 Å². The molecule has 3 aromatic carbocycles. The highest BCUT2D eigenvalue weighted by atomic mass is 16.5. The van der Waals surface area contributed by atoms with Crippen LogP contribution in [-0.4, -0.2) is 18.5 Å². The molecule has 0 spiro atoms. The summed E-state index contributed by atoms with van der Waals surface area (Å²) in [6, 6.07) is 18.5. The number of benzene rings is 3. The van der Waals surface area contributed by atoms with Crippen LogP contribution in [0.25, 0.3) is 0 Å². The Bertz CT molecular complexity index is 1070. The molecule has 31 heavy (non-hydrogen) atoms. The number of amides is 3. The van der Waals surface area contributed by atoms with Gasteiger partial charge in [0.1, 0.15) is 17.2 Å². The molecule has 160 valence electrons. The van der Waals surface area contributed by atoms with Crippen molar-refractivity contribution >= 4 is 23.3 Å². The van der Waals surface area contributed by atoms with E-state index in [9.17, 15) is 9.59 Å². The molecule has 0 bridgehead atoms. The Hall–Kier alpha value is -4.20. The van der Waals surface area contributed by atoms with E-state index < -0.39 is 11.9 Å². The highest BCUT2D eigenvalue weighted by molar-refractivity contribution is 5.93. The van der Waals surface area contributed by atoms with E-state index in [1.54, 1.807) is 48.5 Å². The van der Waals surface area contributed by atoms with Crippen LogP contribution in [0.5, 0.6) is 17.2 Å². The van der Waals surface area contributed by atoms with Crippen molar-refractivity contribution in [2.45, 2.75) is 13.5 Å². The molecule has 0 aliphatic carbocycles. The molecule has 0 unspecified atom stereocenters. The first-order chi connectivity index (χ1) is 15.0. The van der Waals surface area contributed by atoms with Crippen molar-refractivity contribution in [3.63, 3.8) is 0 Å². The first-order valence-electron chi connectivity index (χ1n) is 9.69. The number of urea groups is 1. The number of rotatable bonds is 8. The van der Waals surface area contributed by atoms with Gasteiger partial charge in [0.2, 0.25) is 5.91 Å². The van der Waals surface area contributed by atoms with Crippen LogP contribution >= 0.6 is 0 Å². The number of anilines is 2.